The molecule has 5 aliphatic rings. The summed E-state index contributed by atoms with van der Waals surface area (Å²) < 4.78 is 0. The fraction of sp³-hybridized carbons (Fsp3) is 0.871. The summed E-state index contributed by atoms with van der Waals surface area (Å²) in [6.45, 7) is 10.6. The summed E-state index contributed by atoms with van der Waals surface area (Å²) in [6.07, 6.45) is 14.5. The standard InChI is InChI=1S/C31H50N2O3/c1-20(6-11-29(36)33-17-14-23(19-33)32(5)21(2)34)26-9-10-27-25-8-7-22-18-24(35)12-15-30(22,3)28(25)13-16-31(26,27)4/h7,20,23-28,35H,6,8-19H2,1-5H3/t20-,23-,24+,25+,26-,27+,28+,30+,31-/m1/s1. The minimum absolute atomic E-state index is 0.0847. The van der Waals surface area contributed by atoms with Crippen LogP contribution in [-0.2, 0) is 9.59 Å². The molecule has 5 nitrogen and oxygen atoms in total. The number of carbonyl (C=O) groups excluding carboxylic acids is 2. The lowest BCUT2D eigenvalue weighted by molar-refractivity contribution is -0.133. The van der Waals surface area contributed by atoms with Gasteiger partial charge in [0, 0.05) is 33.5 Å². The first kappa shape index (κ1) is 26.3. The van der Waals surface area contributed by atoms with E-state index in [1.807, 2.05) is 11.9 Å². The minimum atomic E-state index is -0.129. The van der Waals surface area contributed by atoms with Crippen molar-refractivity contribution >= 4 is 11.8 Å². The summed E-state index contributed by atoms with van der Waals surface area (Å²) in [6, 6.07) is 0.174. The number of rotatable bonds is 5. The van der Waals surface area contributed by atoms with Gasteiger partial charge < -0.3 is 14.9 Å². The molecular weight excluding hydrogens is 448 g/mol. The molecule has 0 bridgehead atoms. The smallest absolute Gasteiger partial charge is 0.222 e. The van der Waals surface area contributed by atoms with Gasteiger partial charge in [-0.05, 0) is 105 Å². The summed E-state index contributed by atoms with van der Waals surface area (Å²) >= 11 is 0. The Morgan fingerprint density at radius 1 is 1.14 bits per heavy atom. The molecule has 1 aliphatic heterocycles. The van der Waals surface area contributed by atoms with Crippen LogP contribution in [0.1, 0.15) is 98.3 Å². The summed E-state index contributed by atoms with van der Waals surface area (Å²) in [5.74, 6) is 4.05. The zero-order chi connectivity index (χ0) is 25.8. The van der Waals surface area contributed by atoms with Crippen molar-refractivity contribution in [2.24, 2.45) is 40.4 Å². The van der Waals surface area contributed by atoms with E-state index in [9.17, 15) is 14.7 Å². The lowest BCUT2D eigenvalue weighted by atomic mass is 9.47. The van der Waals surface area contributed by atoms with E-state index in [-0.39, 0.29) is 24.0 Å². The van der Waals surface area contributed by atoms with Crippen molar-refractivity contribution in [3.05, 3.63) is 11.6 Å². The zero-order valence-corrected chi connectivity index (χ0v) is 23.5. The van der Waals surface area contributed by atoms with E-state index < -0.39 is 0 Å². The molecule has 1 heterocycles. The molecular formula is C31H50N2O3. The van der Waals surface area contributed by atoms with Gasteiger partial charge in [0.05, 0.1) is 12.1 Å². The first-order valence-electron chi connectivity index (χ1n) is 14.9. The predicted octanol–water partition coefficient (Wildman–Crippen LogP) is 5.42. The summed E-state index contributed by atoms with van der Waals surface area (Å²) in [5, 5.41) is 10.3. The van der Waals surface area contributed by atoms with Gasteiger partial charge in [-0.3, -0.25) is 9.59 Å². The van der Waals surface area contributed by atoms with Crippen molar-refractivity contribution < 1.29 is 14.7 Å². The average Bonchev–Trinajstić information content (AvgIpc) is 3.47. The maximum atomic E-state index is 13.0. The molecule has 202 valence electrons. The highest BCUT2D eigenvalue weighted by atomic mass is 16.3. The first-order valence-corrected chi connectivity index (χ1v) is 14.9. The fourth-order valence-corrected chi connectivity index (χ4v) is 9.87. The number of hydrogen-bond acceptors (Lipinski definition) is 3. The van der Waals surface area contributed by atoms with Crippen LogP contribution in [0, 0.1) is 40.4 Å². The fourth-order valence-electron chi connectivity index (χ4n) is 9.87. The van der Waals surface area contributed by atoms with Gasteiger partial charge in [0.1, 0.15) is 0 Å². The molecule has 5 heteroatoms. The Bertz CT molecular complexity index is 900. The van der Waals surface area contributed by atoms with E-state index >= 15 is 0 Å². The maximum absolute atomic E-state index is 13.0. The molecule has 0 spiro atoms. The SMILES string of the molecule is CC(=O)N(C)[C@@H]1CCN(C(=O)CC[C@@H](C)[C@H]2CC[C@H]3[C@@H]4CC=C5C[C@@H](O)CC[C@]5(C)[C@H]4CC[C@]23C)C1. The van der Waals surface area contributed by atoms with Crippen molar-refractivity contribution in [3.8, 4) is 0 Å². The third-order valence-electron chi connectivity index (χ3n) is 12.2. The van der Waals surface area contributed by atoms with E-state index in [0.29, 0.717) is 29.7 Å². The van der Waals surface area contributed by atoms with Crippen molar-refractivity contribution in [2.75, 3.05) is 20.1 Å². The van der Waals surface area contributed by atoms with E-state index in [2.05, 4.69) is 26.8 Å². The van der Waals surface area contributed by atoms with Crippen LogP contribution < -0.4 is 0 Å². The van der Waals surface area contributed by atoms with Crippen LogP contribution in [0.15, 0.2) is 11.6 Å². The second kappa shape index (κ2) is 9.75. The van der Waals surface area contributed by atoms with Gasteiger partial charge in [0.25, 0.3) is 0 Å². The van der Waals surface area contributed by atoms with E-state index in [1.54, 1.807) is 17.4 Å². The van der Waals surface area contributed by atoms with E-state index in [4.69, 9.17) is 0 Å². The third kappa shape index (κ3) is 4.35. The monoisotopic (exact) mass is 498 g/mol. The highest BCUT2D eigenvalue weighted by Crippen LogP contribution is 2.67. The van der Waals surface area contributed by atoms with Gasteiger partial charge in [-0.2, -0.15) is 0 Å². The highest BCUT2D eigenvalue weighted by molar-refractivity contribution is 5.77. The Morgan fingerprint density at radius 3 is 2.67 bits per heavy atom. The molecule has 3 saturated carbocycles. The van der Waals surface area contributed by atoms with Crippen LogP contribution in [0.25, 0.3) is 0 Å². The molecule has 1 saturated heterocycles. The van der Waals surface area contributed by atoms with Crippen molar-refractivity contribution in [2.45, 2.75) is 110 Å². The Balaban J connectivity index is 1.19. The number of nitrogens with zero attached hydrogens (tertiary/aromatic N) is 2. The molecule has 1 N–H and O–H groups in total. The molecule has 0 aromatic carbocycles. The molecule has 4 aliphatic carbocycles. The maximum Gasteiger partial charge on any atom is 0.222 e. The number of likely N-dealkylation sites (tertiary alicyclic amines) is 1. The van der Waals surface area contributed by atoms with Gasteiger partial charge in [0.2, 0.25) is 11.8 Å². The van der Waals surface area contributed by atoms with Crippen molar-refractivity contribution in [1.82, 2.24) is 9.80 Å². The molecule has 0 aromatic heterocycles. The molecule has 36 heavy (non-hydrogen) atoms. The van der Waals surface area contributed by atoms with Crippen LogP contribution in [0.5, 0.6) is 0 Å². The van der Waals surface area contributed by atoms with Crippen LogP contribution in [0.3, 0.4) is 0 Å². The Hall–Kier alpha value is -1.36. The number of allylic oxidation sites excluding steroid dienone is 1. The van der Waals surface area contributed by atoms with E-state index in [0.717, 1.165) is 62.3 Å². The molecule has 9 atom stereocenters. The summed E-state index contributed by atoms with van der Waals surface area (Å²) in [5.41, 5.74) is 2.28. The lowest BCUT2D eigenvalue weighted by Crippen LogP contribution is -2.50. The van der Waals surface area contributed by atoms with Crippen LogP contribution in [0.2, 0.25) is 0 Å². The molecule has 0 unspecified atom stereocenters. The molecule has 0 radical (unpaired) electrons. The number of carbonyl (C=O) groups is 2. The van der Waals surface area contributed by atoms with Gasteiger partial charge in [-0.1, -0.05) is 32.4 Å². The number of aliphatic hydroxyl groups is 1. The molecule has 5 rings (SSSR count). The van der Waals surface area contributed by atoms with Crippen molar-refractivity contribution in [1.29, 1.82) is 0 Å². The average molecular weight is 499 g/mol. The van der Waals surface area contributed by atoms with Gasteiger partial charge in [-0.15, -0.1) is 0 Å². The first-order chi connectivity index (χ1) is 17.0. The van der Waals surface area contributed by atoms with Crippen molar-refractivity contribution in [3.63, 3.8) is 0 Å². The normalized spacial score (nSPS) is 42.7. The summed E-state index contributed by atoms with van der Waals surface area (Å²) in [7, 11) is 1.86. The summed E-state index contributed by atoms with van der Waals surface area (Å²) in [4.78, 5) is 28.5. The lowest BCUT2D eigenvalue weighted by Gasteiger charge is -2.58. The number of amides is 2. The Morgan fingerprint density at radius 2 is 1.92 bits per heavy atom. The third-order valence-corrected chi connectivity index (χ3v) is 12.2. The van der Waals surface area contributed by atoms with Gasteiger partial charge in [-0.25, -0.2) is 0 Å². The molecule has 2 amide bonds. The van der Waals surface area contributed by atoms with Gasteiger partial charge in [0.15, 0.2) is 0 Å². The van der Waals surface area contributed by atoms with E-state index in [1.165, 1.54) is 32.1 Å². The second-order valence-corrected chi connectivity index (χ2v) is 13.8. The highest BCUT2D eigenvalue weighted by Gasteiger charge is 2.59. The van der Waals surface area contributed by atoms with Crippen LogP contribution in [0.4, 0.5) is 0 Å². The quantitative estimate of drug-likeness (QED) is 0.515. The van der Waals surface area contributed by atoms with Gasteiger partial charge >= 0.3 is 0 Å². The number of fused-ring (bicyclic) bond motifs is 5. The Kier molecular flexibility index (Phi) is 7.11. The number of aliphatic hydroxyl groups excluding tert-OH is 1. The number of hydrogen-bond donors (Lipinski definition) is 1. The zero-order valence-electron chi connectivity index (χ0n) is 23.5. The van der Waals surface area contributed by atoms with Crippen LogP contribution >= 0.6 is 0 Å². The second-order valence-electron chi connectivity index (χ2n) is 13.8. The molecule has 0 aromatic rings. The topological polar surface area (TPSA) is 60.9 Å². The Labute approximate surface area is 219 Å². The van der Waals surface area contributed by atoms with Crippen LogP contribution in [-0.4, -0.2) is 59.0 Å². The largest absolute Gasteiger partial charge is 0.393 e. The number of likely N-dealkylation sites (N-methyl/N-ethyl adjacent to an activating group) is 1. The minimum Gasteiger partial charge on any atom is -0.393 e. The molecule has 4 fully saturated rings. The predicted molar refractivity (Wildman–Crippen MR) is 143 cm³/mol.